The van der Waals surface area contributed by atoms with Crippen LogP contribution < -0.4 is 0 Å². The summed E-state index contributed by atoms with van der Waals surface area (Å²) in [6.45, 7) is 2.87. The number of aliphatic hydroxyl groups is 1. The Bertz CT molecular complexity index is 695. The molecule has 1 aliphatic rings. The van der Waals surface area contributed by atoms with Gasteiger partial charge in [0.2, 0.25) is 5.89 Å². The van der Waals surface area contributed by atoms with Crippen LogP contribution in [0.15, 0.2) is 28.8 Å². The Morgan fingerprint density at radius 3 is 2.70 bits per heavy atom. The molecule has 23 heavy (non-hydrogen) atoms. The standard InChI is InChI=1S/C16H18ClN3O3/c1-10-18-15(19-23-10)11-6-8-20(9-7-11)16(22)14(21)12-4-2-3-5-13(12)17/h2-5,11,14,21H,6-9H2,1H3/t14-/m1/s1. The van der Waals surface area contributed by atoms with Crippen molar-refractivity contribution >= 4 is 17.5 Å². The molecule has 1 aromatic carbocycles. The van der Waals surface area contributed by atoms with Crippen LogP contribution in [0.5, 0.6) is 0 Å². The Kier molecular flexibility index (Phi) is 4.63. The number of benzene rings is 1. The lowest BCUT2D eigenvalue weighted by atomic mass is 9.95. The number of hydrogen-bond acceptors (Lipinski definition) is 5. The second-order valence-electron chi connectivity index (χ2n) is 5.70. The first-order valence-electron chi connectivity index (χ1n) is 7.57. The van der Waals surface area contributed by atoms with Gasteiger partial charge in [-0.1, -0.05) is 35.0 Å². The number of hydrogen-bond donors (Lipinski definition) is 1. The van der Waals surface area contributed by atoms with Crippen molar-refractivity contribution in [1.29, 1.82) is 0 Å². The molecule has 122 valence electrons. The van der Waals surface area contributed by atoms with Crippen molar-refractivity contribution in [3.05, 3.63) is 46.6 Å². The van der Waals surface area contributed by atoms with Gasteiger partial charge in [-0.15, -0.1) is 0 Å². The van der Waals surface area contributed by atoms with Crippen molar-refractivity contribution in [3.63, 3.8) is 0 Å². The molecule has 1 amide bonds. The summed E-state index contributed by atoms with van der Waals surface area (Å²) in [6.07, 6.45) is 0.271. The second-order valence-corrected chi connectivity index (χ2v) is 6.10. The number of amides is 1. The lowest BCUT2D eigenvalue weighted by Gasteiger charge is -2.32. The van der Waals surface area contributed by atoms with Gasteiger partial charge in [0.15, 0.2) is 11.9 Å². The lowest BCUT2D eigenvalue weighted by molar-refractivity contribution is -0.141. The fourth-order valence-electron chi connectivity index (χ4n) is 2.84. The Hall–Kier alpha value is -1.92. The molecule has 1 fully saturated rings. The molecule has 7 heteroatoms. The number of carbonyl (C=O) groups excluding carboxylic acids is 1. The number of halogens is 1. The molecule has 1 atom stereocenters. The van der Waals surface area contributed by atoms with Gasteiger partial charge in [-0.25, -0.2) is 0 Å². The van der Waals surface area contributed by atoms with Gasteiger partial charge in [-0.2, -0.15) is 4.98 Å². The Labute approximate surface area is 139 Å². The van der Waals surface area contributed by atoms with E-state index in [1.807, 2.05) is 0 Å². The fourth-order valence-corrected chi connectivity index (χ4v) is 3.08. The van der Waals surface area contributed by atoms with Gasteiger partial charge in [0, 0.05) is 36.5 Å². The highest BCUT2D eigenvalue weighted by molar-refractivity contribution is 6.31. The van der Waals surface area contributed by atoms with Crippen LogP contribution >= 0.6 is 11.6 Å². The number of aromatic nitrogens is 2. The van der Waals surface area contributed by atoms with Gasteiger partial charge < -0.3 is 14.5 Å². The van der Waals surface area contributed by atoms with E-state index in [2.05, 4.69) is 10.1 Å². The Morgan fingerprint density at radius 2 is 2.09 bits per heavy atom. The van der Waals surface area contributed by atoms with E-state index in [1.54, 1.807) is 36.1 Å². The molecule has 2 heterocycles. The third-order valence-electron chi connectivity index (χ3n) is 4.15. The molecule has 3 rings (SSSR count). The van der Waals surface area contributed by atoms with Crippen LogP contribution in [0, 0.1) is 6.92 Å². The first-order chi connectivity index (χ1) is 11.1. The molecule has 0 aliphatic carbocycles. The maximum absolute atomic E-state index is 12.5. The highest BCUT2D eigenvalue weighted by atomic mass is 35.5. The van der Waals surface area contributed by atoms with Crippen LogP contribution in [0.3, 0.4) is 0 Å². The number of aryl methyl sites for hydroxylation is 1. The summed E-state index contributed by atoms with van der Waals surface area (Å²) < 4.78 is 5.00. The van der Waals surface area contributed by atoms with Crippen molar-refractivity contribution in [2.75, 3.05) is 13.1 Å². The number of nitrogens with zero attached hydrogens (tertiary/aromatic N) is 3. The lowest BCUT2D eigenvalue weighted by Crippen LogP contribution is -2.40. The average molecular weight is 336 g/mol. The normalized spacial score (nSPS) is 17.3. The van der Waals surface area contributed by atoms with Crippen molar-refractivity contribution in [2.45, 2.75) is 31.8 Å². The van der Waals surface area contributed by atoms with Crippen LogP contribution in [0.1, 0.15) is 42.1 Å². The molecule has 0 bridgehead atoms. The van der Waals surface area contributed by atoms with Crippen molar-refractivity contribution < 1.29 is 14.4 Å². The molecule has 6 nitrogen and oxygen atoms in total. The van der Waals surface area contributed by atoms with Gasteiger partial charge in [-0.05, 0) is 18.9 Å². The van der Waals surface area contributed by atoms with E-state index < -0.39 is 6.10 Å². The number of piperidine rings is 1. The van der Waals surface area contributed by atoms with Gasteiger partial charge in [-0.3, -0.25) is 4.79 Å². The van der Waals surface area contributed by atoms with Gasteiger partial charge in [0.25, 0.3) is 5.91 Å². The summed E-state index contributed by atoms with van der Waals surface area (Å²) in [5.74, 6) is 1.11. The molecule has 0 saturated carbocycles. The molecule has 0 radical (unpaired) electrons. The summed E-state index contributed by atoms with van der Waals surface area (Å²) in [7, 11) is 0. The van der Waals surface area contributed by atoms with E-state index >= 15 is 0 Å². The highest BCUT2D eigenvalue weighted by Crippen LogP contribution is 2.29. The van der Waals surface area contributed by atoms with Gasteiger partial charge in [0.05, 0.1) is 0 Å². The third kappa shape index (κ3) is 3.38. The van der Waals surface area contributed by atoms with Crippen LogP contribution in [-0.2, 0) is 4.79 Å². The third-order valence-corrected chi connectivity index (χ3v) is 4.49. The van der Waals surface area contributed by atoms with Gasteiger partial charge >= 0.3 is 0 Å². The summed E-state index contributed by atoms with van der Waals surface area (Å²) in [6, 6.07) is 6.85. The highest BCUT2D eigenvalue weighted by Gasteiger charge is 2.30. The molecular weight excluding hydrogens is 318 g/mol. The number of aliphatic hydroxyl groups excluding tert-OH is 1. The first kappa shape index (κ1) is 16.0. The maximum atomic E-state index is 12.5. The van der Waals surface area contributed by atoms with Crippen LogP contribution in [0.4, 0.5) is 0 Å². The zero-order valence-corrected chi connectivity index (χ0v) is 13.5. The SMILES string of the molecule is Cc1nc(C2CCN(C(=O)[C@H](O)c3ccccc3Cl)CC2)no1. The molecule has 0 unspecified atom stereocenters. The summed E-state index contributed by atoms with van der Waals surface area (Å²) in [4.78, 5) is 18.4. The van der Waals surface area contributed by atoms with E-state index in [0.29, 0.717) is 35.4 Å². The summed E-state index contributed by atoms with van der Waals surface area (Å²) in [5, 5.41) is 14.6. The van der Waals surface area contributed by atoms with E-state index in [0.717, 1.165) is 12.8 Å². The van der Waals surface area contributed by atoms with E-state index in [1.165, 1.54) is 0 Å². The predicted octanol–water partition coefficient (Wildman–Crippen LogP) is 2.47. The predicted molar refractivity (Wildman–Crippen MR) is 84.0 cm³/mol. The van der Waals surface area contributed by atoms with E-state index in [9.17, 15) is 9.90 Å². The fraction of sp³-hybridized carbons (Fsp3) is 0.438. The topological polar surface area (TPSA) is 79.5 Å². The number of likely N-dealkylation sites (tertiary alicyclic amines) is 1. The van der Waals surface area contributed by atoms with Crippen LogP contribution in [0.2, 0.25) is 5.02 Å². The number of rotatable bonds is 3. The molecule has 0 spiro atoms. The smallest absolute Gasteiger partial charge is 0.256 e. The zero-order chi connectivity index (χ0) is 16.4. The van der Waals surface area contributed by atoms with Crippen molar-refractivity contribution in [1.82, 2.24) is 15.0 Å². The van der Waals surface area contributed by atoms with Crippen molar-refractivity contribution in [2.24, 2.45) is 0 Å². The monoisotopic (exact) mass is 335 g/mol. The largest absolute Gasteiger partial charge is 0.378 e. The minimum Gasteiger partial charge on any atom is -0.378 e. The minimum atomic E-state index is -1.23. The maximum Gasteiger partial charge on any atom is 0.256 e. The van der Waals surface area contributed by atoms with E-state index in [-0.39, 0.29) is 11.8 Å². The first-order valence-corrected chi connectivity index (χ1v) is 7.95. The van der Waals surface area contributed by atoms with Crippen molar-refractivity contribution in [3.8, 4) is 0 Å². The van der Waals surface area contributed by atoms with Crippen LogP contribution in [-0.4, -0.2) is 39.1 Å². The van der Waals surface area contributed by atoms with E-state index in [4.69, 9.17) is 16.1 Å². The van der Waals surface area contributed by atoms with Crippen LogP contribution in [0.25, 0.3) is 0 Å². The van der Waals surface area contributed by atoms with Gasteiger partial charge in [0.1, 0.15) is 0 Å². The second kappa shape index (κ2) is 6.68. The Morgan fingerprint density at radius 1 is 1.39 bits per heavy atom. The molecule has 1 N–H and O–H groups in total. The molecule has 1 aliphatic heterocycles. The number of carbonyl (C=O) groups is 1. The summed E-state index contributed by atoms with van der Waals surface area (Å²) >= 11 is 6.05. The quantitative estimate of drug-likeness (QED) is 0.932. The average Bonchev–Trinajstić information content (AvgIpc) is 3.01. The summed E-state index contributed by atoms with van der Waals surface area (Å²) in [5.41, 5.74) is 0.440. The molecule has 1 aromatic heterocycles. The molecular formula is C16H18ClN3O3. The zero-order valence-electron chi connectivity index (χ0n) is 12.8. The molecule has 2 aromatic rings. The Balaban J connectivity index is 1.63. The minimum absolute atomic E-state index is 0.189. The molecule has 1 saturated heterocycles.